The number of nitrogens with one attached hydrogen (secondary N) is 1. The maximum atomic E-state index is 11.4. The molecule has 2 N–H and O–H groups in total. The van der Waals surface area contributed by atoms with Gasteiger partial charge in [0.15, 0.2) is 0 Å². The molecule has 0 spiro atoms. The molecule has 4 rings (SSSR count). The van der Waals surface area contributed by atoms with Crippen LogP contribution in [0.1, 0.15) is 11.1 Å². The molecule has 0 bridgehead atoms. The van der Waals surface area contributed by atoms with Crippen molar-refractivity contribution in [3.63, 3.8) is 0 Å². The van der Waals surface area contributed by atoms with Crippen molar-refractivity contribution in [1.29, 1.82) is 0 Å². The highest BCUT2D eigenvalue weighted by molar-refractivity contribution is 6.39. The molecule has 1 aromatic heterocycles. The lowest BCUT2D eigenvalue weighted by molar-refractivity contribution is -0.136. The fourth-order valence-corrected chi connectivity index (χ4v) is 3.95. The molecule has 0 aliphatic rings. The van der Waals surface area contributed by atoms with Crippen LogP contribution in [0, 0.1) is 0 Å². The third kappa shape index (κ3) is 4.24. The molecular formula is C23H17Cl2NO3. The van der Waals surface area contributed by atoms with E-state index in [4.69, 9.17) is 27.9 Å². The summed E-state index contributed by atoms with van der Waals surface area (Å²) in [4.78, 5) is 14.7. The first-order chi connectivity index (χ1) is 14.0. The summed E-state index contributed by atoms with van der Waals surface area (Å²) in [5, 5.41) is 11.0. The van der Waals surface area contributed by atoms with Gasteiger partial charge in [0.1, 0.15) is 12.4 Å². The zero-order chi connectivity index (χ0) is 20.4. The average Bonchev–Trinajstić information content (AvgIpc) is 3.05. The molecule has 0 aliphatic heterocycles. The Morgan fingerprint density at radius 1 is 1.00 bits per heavy atom. The number of aromatic nitrogens is 1. The first-order valence-corrected chi connectivity index (χ1v) is 9.75. The number of carbonyl (C=O) groups is 1. The SMILES string of the molecule is O=C(O)Cc1c(-c2ccc(OCc3ccccc3)cc2)[nH]c2cc(Cl)cc(Cl)c12. The minimum atomic E-state index is -0.930. The molecule has 0 aliphatic carbocycles. The summed E-state index contributed by atoms with van der Waals surface area (Å²) in [5.74, 6) is -0.199. The van der Waals surface area contributed by atoms with Crippen LogP contribution in [0.4, 0.5) is 0 Å². The van der Waals surface area contributed by atoms with Crippen molar-refractivity contribution >= 4 is 40.1 Å². The standard InChI is InChI=1S/C23H17Cl2NO3/c24-16-10-19(25)22-18(12-21(27)28)23(26-20(22)11-16)15-6-8-17(9-7-15)29-13-14-4-2-1-3-5-14/h1-11,26H,12-13H2,(H,27,28). The Kier molecular flexibility index (Phi) is 5.47. The molecule has 0 unspecified atom stereocenters. The van der Waals surface area contributed by atoms with Crippen LogP contribution in [0.25, 0.3) is 22.2 Å². The van der Waals surface area contributed by atoms with Crippen LogP contribution in [0.3, 0.4) is 0 Å². The summed E-state index contributed by atoms with van der Waals surface area (Å²) in [6.45, 7) is 0.477. The van der Waals surface area contributed by atoms with E-state index in [2.05, 4.69) is 4.98 Å². The molecule has 4 aromatic rings. The van der Waals surface area contributed by atoms with Crippen LogP contribution in [0.2, 0.25) is 10.0 Å². The molecule has 146 valence electrons. The molecule has 0 amide bonds. The van der Waals surface area contributed by atoms with E-state index in [1.54, 1.807) is 12.1 Å². The van der Waals surface area contributed by atoms with E-state index in [-0.39, 0.29) is 6.42 Å². The number of H-pyrrole nitrogens is 1. The van der Waals surface area contributed by atoms with Crippen LogP contribution in [0.5, 0.6) is 5.75 Å². The second kappa shape index (κ2) is 8.19. The molecule has 3 aromatic carbocycles. The predicted molar refractivity (Wildman–Crippen MR) is 116 cm³/mol. The Morgan fingerprint density at radius 3 is 2.41 bits per heavy atom. The first-order valence-electron chi connectivity index (χ1n) is 9.00. The third-order valence-electron chi connectivity index (χ3n) is 4.64. The molecular weight excluding hydrogens is 409 g/mol. The number of aliphatic carboxylic acids is 1. The van der Waals surface area contributed by atoms with Gasteiger partial charge in [-0.25, -0.2) is 0 Å². The van der Waals surface area contributed by atoms with Crippen molar-refractivity contribution in [3.05, 3.63) is 87.9 Å². The maximum absolute atomic E-state index is 11.4. The van der Waals surface area contributed by atoms with E-state index in [9.17, 15) is 9.90 Å². The van der Waals surface area contributed by atoms with Gasteiger partial charge in [-0.1, -0.05) is 53.5 Å². The van der Waals surface area contributed by atoms with Crippen molar-refractivity contribution in [2.45, 2.75) is 13.0 Å². The number of rotatable bonds is 6. The smallest absolute Gasteiger partial charge is 0.307 e. The lowest BCUT2D eigenvalue weighted by Crippen LogP contribution is -2.01. The van der Waals surface area contributed by atoms with Gasteiger partial charge in [0, 0.05) is 15.9 Å². The minimum absolute atomic E-state index is 0.150. The maximum Gasteiger partial charge on any atom is 0.307 e. The van der Waals surface area contributed by atoms with Crippen LogP contribution in [0.15, 0.2) is 66.7 Å². The molecule has 0 saturated heterocycles. The summed E-state index contributed by atoms with van der Waals surface area (Å²) < 4.78 is 5.83. The van der Waals surface area contributed by atoms with E-state index >= 15 is 0 Å². The van der Waals surface area contributed by atoms with E-state index < -0.39 is 5.97 Å². The first kappa shape index (κ1) is 19.4. The van der Waals surface area contributed by atoms with E-state index in [1.807, 2.05) is 54.6 Å². The average molecular weight is 426 g/mol. The number of carboxylic acids is 1. The van der Waals surface area contributed by atoms with Gasteiger partial charge < -0.3 is 14.8 Å². The molecule has 0 radical (unpaired) electrons. The Labute approximate surface area is 177 Å². The van der Waals surface area contributed by atoms with Crippen molar-refractivity contribution in [1.82, 2.24) is 4.98 Å². The summed E-state index contributed by atoms with van der Waals surface area (Å²) in [7, 11) is 0. The number of halogens is 2. The fourth-order valence-electron chi connectivity index (χ4n) is 3.35. The van der Waals surface area contributed by atoms with Crippen LogP contribution in [-0.2, 0) is 17.8 Å². The van der Waals surface area contributed by atoms with Gasteiger partial charge in [0.05, 0.1) is 17.1 Å². The summed E-state index contributed by atoms with van der Waals surface area (Å²) in [6, 6.07) is 20.8. The zero-order valence-corrected chi connectivity index (χ0v) is 16.8. The Hall–Kier alpha value is -2.95. The zero-order valence-electron chi connectivity index (χ0n) is 15.3. The van der Waals surface area contributed by atoms with Gasteiger partial charge in [0.2, 0.25) is 0 Å². The molecule has 0 atom stereocenters. The molecule has 29 heavy (non-hydrogen) atoms. The van der Waals surface area contributed by atoms with Crippen molar-refractivity contribution < 1.29 is 14.6 Å². The summed E-state index contributed by atoms with van der Waals surface area (Å²) in [6.07, 6.45) is -0.150. The number of ether oxygens (including phenoxy) is 1. The monoisotopic (exact) mass is 425 g/mol. The van der Waals surface area contributed by atoms with Gasteiger partial charge in [-0.05, 0) is 53.1 Å². The number of aromatic amines is 1. The molecule has 4 nitrogen and oxygen atoms in total. The van der Waals surface area contributed by atoms with Crippen molar-refractivity contribution in [3.8, 4) is 17.0 Å². The predicted octanol–water partition coefficient (Wildman–Crippen LogP) is 6.35. The molecule has 6 heteroatoms. The summed E-state index contributed by atoms with van der Waals surface area (Å²) in [5.41, 5.74) is 3.98. The Balaban J connectivity index is 1.67. The van der Waals surface area contributed by atoms with E-state index in [0.717, 1.165) is 16.9 Å². The highest BCUT2D eigenvalue weighted by Gasteiger charge is 2.18. The third-order valence-corrected chi connectivity index (χ3v) is 5.15. The van der Waals surface area contributed by atoms with Gasteiger partial charge in [-0.15, -0.1) is 0 Å². The van der Waals surface area contributed by atoms with Gasteiger partial charge in [0.25, 0.3) is 0 Å². The lowest BCUT2D eigenvalue weighted by Gasteiger charge is -2.08. The summed E-state index contributed by atoms with van der Waals surface area (Å²) >= 11 is 12.5. The topological polar surface area (TPSA) is 62.3 Å². The quantitative estimate of drug-likeness (QED) is 0.378. The normalized spacial score (nSPS) is 11.0. The Bertz CT molecular complexity index is 1170. The van der Waals surface area contributed by atoms with Crippen LogP contribution in [-0.4, -0.2) is 16.1 Å². The minimum Gasteiger partial charge on any atom is -0.489 e. The van der Waals surface area contributed by atoms with Gasteiger partial charge in [-0.3, -0.25) is 4.79 Å². The fraction of sp³-hybridized carbons (Fsp3) is 0.0870. The lowest BCUT2D eigenvalue weighted by atomic mass is 10.0. The number of carboxylic acid groups (broad SMARTS) is 1. The number of benzene rings is 3. The number of fused-ring (bicyclic) bond motifs is 1. The van der Waals surface area contributed by atoms with Crippen molar-refractivity contribution in [2.75, 3.05) is 0 Å². The number of hydrogen-bond acceptors (Lipinski definition) is 2. The molecule has 1 heterocycles. The van der Waals surface area contributed by atoms with Crippen LogP contribution >= 0.6 is 23.2 Å². The van der Waals surface area contributed by atoms with Crippen LogP contribution < -0.4 is 4.74 Å². The largest absolute Gasteiger partial charge is 0.489 e. The van der Waals surface area contributed by atoms with E-state index in [1.165, 1.54) is 0 Å². The van der Waals surface area contributed by atoms with Gasteiger partial charge in [-0.2, -0.15) is 0 Å². The second-order valence-electron chi connectivity index (χ2n) is 6.66. The van der Waals surface area contributed by atoms with E-state index in [0.29, 0.717) is 38.8 Å². The molecule has 0 saturated carbocycles. The molecule has 0 fully saturated rings. The van der Waals surface area contributed by atoms with Crippen molar-refractivity contribution in [2.24, 2.45) is 0 Å². The second-order valence-corrected chi connectivity index (χ2v) is 7.50. The van der Waals surface area contributed by atoms with Gasteiger partial charge >= 0.3 is 5.97 Å². The Morgan fingerprint density at radius 2 is 1.72 bits per heavy atom. The highest BCUT2D eigenvalue weighted by Crippen LogP contribution is 2.37. The number of hydrogen-bond donors (Lipinski definition) is 2. The highest BCUT2D eigenvalue weighted by atomic mass is 35.5.